The molecule has 1 unspecified atom stereocenters. The van der Waals surface area contributed by atoms with E-state index in [0.29, 0.717) is 0 Å². The third-order valence-electron chi connectivity index (χ3n) is 2.83. The van der Waals surface area contributed by atoms with Crippen LogP contribution in [-0.2, 0) is 4.79 Å². The number of halogens is 1. The first-order valence-corrected chi connectivity index (χ1v) is 6.86. The fourth-order valence-electron chi connectivity index (χ4n) is 1.90. The first-order valence-electron chi connectivity index (χ1n) is 5.98. The lowest BCUT2D eigenvalue weighted by Gasteiger charge is -2.29. The Bertz CT molecular complexity index is 369. The van der Waals surface area contributed by atoms with Crippen LogP contribution in [0.25, 0.3) is 0 Å². The van der Waals surface area contributed by atoms with Gasteiger partial charge in [0.1, 0.15) is 0 Å². The monoisotopic (exact) mass is 286 g/mol. The molecule has 18 heavy (non-hydrogen) atoms. The number of benzene rings is 1. The van der Waals surface area contributed by atoms with Crippen LogP contribution in [0.2, 0.25) is 0 Å². The van der Waals surface area contributed by atoms with Crippen LogP contribution in [0.4, 0.5) is 0 Å². The molecule has 0 aliphatic carbocycles. The van der Waals surface area contributed by atoms with Crippen molar-refractivity contribution in [1.82, 2.24) is 10.2 Å². The number of carbonyl (C=O) groups is 1. The summed E-state index contributed by atoms with van der Waals surface area (Å²) in [5.41, 5.74) is 0. The van der Waals surface area contributed by atoms with Crippen molar-refractivity contribution in [2.45, 2.75) is 17.1 Å². The number of nitrogens with zero attached hydrogens (tertiary/aromatic N) is 1. The number of thioether (sulfide) groups is 1. The molecule has 3 nitrogen and oxygen atoms in total. The molecule has 1 aromatic carbocycles. The average molecular weight is 287 g/mol. The molecule has 2 rings (SSSR count). The SMILES string of the molecule is CC(Sc1ccccc1)C(=O)N1CCNCC1.Cl. The highest BCUT2D eigenvalue weighted by Gasteiger charge is 2.22. The standard InChI is InChI=1S/C13H18N2OS.ClH/c1-11(17-12-5-3-2-4-6-12)13(16)15-9-7-14-8-10-15;/h2-6,11,14H,7-10H2,1H3;1H. The molecule has 1 saturated heterocycles. The smallest absolute Gasteiger partial charge is 0.235 e. The quantitative estimate of drug-likeness (QED) is 0.863. The molecule has 1 aliphatic heterocycles. The van der Waals surface area contributed by atoms with Crippen molar-refractivity contribution >= 4 is 30.1 Å². The minimum Gasteiger partial charge on any atom is -0.339 e. The zero-order valence-corrected chi connectivity index (χ0v) is 12.1. The zero-order chi connectivity index (χ0) is 12.1. The normalized spacial score (nSPS) is 16.8. The molecule has 1 fully saturated rings. The number of rotatable bonds is 3. The van der Waals surface area contributed by atoms with Gasteiger partial charge in [-0.05, 0) is 19.1 Å². The number of hydrogen-bond donors (Lipinski definition) is 1. The molecular weight excluding hydrogens is 268 g/mol. The third-order valence-corrected chi connectivity index (χ3v) is 3.93. The summed E-state index contributed by atoms with van der Waals surface area (Å²) in [5, 5.41) is 3.25. The highest BCUT2D eigenvalue weighted by molar-refractivity contribution is 8.00. The van der Waals surface area contributed by atoms with Crippen molar-refractivity contribution < 1.29 is 4.79 Å². The first-order chi connectivity index (χ1) is 8.27. The van der Waals surface area contributed by atoms with Crippen LogP contribution < -0.4 is 5.32 Å². The molecule has 100 valence electrons. The van der Waals surface area contributed by atoms with Crippen LogP contribution in [0.3, 0.4) is 0 Å². The zero-order valence-electron chi connectivity index (χ0n) is 10.5. The predicted molar refractivity (Wildman–Crippen MR) is 78.5 cm³/mol. The molecule has 0 radical (unpaired) electrons. The number of amides is 1. The van der Waals surface area contributed by atoms with Crippen LogP contribution in [0.1, 0.15) is 6.92 Å². The van der Waals surface area contributed by atoms with E-state index in [0.717, 1.165) is 31.1 Å². The van der Waals surface area contributed by atoms with Crippen LogP contribution in [0, 0.1) is 0 Å². The molecule has 1 aromatic rings. The number of nitrogens with one attached hydrogen (secondary N) is 1. The van der Waals surface area contributed by atoms with Gasteiger partial charge < -0.3 is 10.2 Å². The molecule has 0 saturated carbocycles. The van der Waals surface area contributed by atoms with Crippen molar-refractivity contribution in [3.8, 4) is 0 Å². The van der Waals surface area contributed by atoms with Crippen molar-refractivity contribution in [3.63, 3.8) is 0 Å². The first kappa shape index (κ1) is 15.3. The van der Waals surface area contributed by atoms with Crippen LogP contribution >= 0.6 is 24.2 Å². The summed E-state index contributed by atoms with van der Waals surface area (Å²) in [4.78, 5) is 15.3. The summed E-state index contributed by atoms with van der Waals surface area (Å²) in [7, 11) is 0. The lowest BCUT2D eigenvalue weighted by atomic mass is 10.3. The Morgan fingerprint density at radius 3 is 2.50 bits per heavy atom. The van der Waals surface area contributed by atoms with E-state index in [9.17, 15) is 4.79 Å². The predicted octanol–water partition coefficient (Wildman–Crippen LogP) is 2.02. The highest BCUT2D eigenvalue weighted by atomic mass is 35.5. The van der Waals surface area contributed by atoms with Gasteiger partial charge in [0.2, 0.25) is 5.91 Å². The van der Waals surface area contributed by atoms with E-state index in [1.165, 1.54) is 0 Å². The van der Waals surface area contributed by atoms with Gasteiger partial charge >= 0.3 is 0 Å². The van der Waals surface area contributed by atoms with Crippen molar-refractivity contribution in [2.75, 3.05) is 26.2 Å². The van der Waals surface area contributed by atoms with Gasteiger partial charge in [0.15, 0.2) is 0 Å². The second-order valence-electron chi connectivity index (χ2n) is 4.15. The number of carbonyl (C=O) groups excluding carboxylic acids is 1. The van der Waals surface area contributed by atoms with Gasteiger partial charge in [-0.3, -0.25) is 4.79 Å². The average Bonchev–Trinajstić information content (AvgIpc) is 2.40. The molecule has 1 aliphatic rings. The van der Waals surface area contributed by atoms with Gasteiger partial charge in [0.25, 0.3) is 0 Å². The summed E-state index contributed by atoms with van der Waals surface area (Å²) >= 11 is 1.63. The number of hydrogen-bond acceptors (Lipinski definition) is 3. The minimum atomic E-state index is -0.00417. The van der Waals surface area contributed by atoms with Crippen LogP contribution in [0.15, 0.2) is 35.2 Å². The van der Waals surface area contributed by atoms with Gasteiger partial charge in [0, 0.05) is 31.1 Å². The fourth-order valence-corrected chi connectivity index (χ4v) is 2.87. The highest BCUT2D eigenvalue weighted by Crippen LogP contribution is 2.24. The van der Waals surface area contributed by atoms with Gasteiger partial charge in [-0.15, -0.1) is 24.2 Å². The van der Waals surface area contributed by atoms with E-state index in [4.69, 9.17) is 0 Å². The van der Waals surface area contributed by atoms with Gasteiger partial charge in [0.05, 0.1) is 5.25 Å². The van der Waals surface area contributed by atoms with E-state index < -0.39 is 0 Å². The molecule has 0 spiro atoms. The Kier molecular flexibility index (Phi) is 6.54. The summed E-state index contributed by atoms with van der Waals surface area (Å²) in [5.74, 6) is 0.250. The molecule has 1 heterocycles. The van der Waals surface area contributed by atoms with Crippen molar-refractivity contribution in [2.24, 2.45) is 0 Å². The molecule has 1 N–H and O–H groups in total. The number of piperazine rings is 1. The maximum Gasteiger partial charge on any atom is 0.235 e. The lowest BCUT2D eigenvalue weighted by Crippen LogP contribution is -2.48. The molecule has 1 amide bonds. The maximum atomic E-state index is 12.2. The topological polar surface area (TPSA) is 32.3 Å². The van der Waals surface area contributed by atoms with Crippen molar-refractivity contribution in [3.05, 3.63) is 30.3 Å². The summed E-state index contributed by atoms with van der Waals surface area (Å²) in [6.07, 6.45) is 0. The largest absolute Gasteiger partial charge is 0.339 e. The Labute approximate surface area is 119 Å². The molecular formula is C13H19ClN2OS. The maximum absolute atomic E-state index is 12.2. The Morgan fingerprint density at radius 1 is 1.28 bits per heavy atom. The van der Waals surface area contributed by atoms with E-state index in [-0.39, 0.29) is 23.6 Å². The summed E-state index contributed by atoms with van der Waals surface area (Å²) in [6, 6.07) is 10.1. The third kappa shape index (κ3) is 4.19. The van der Waals surface area contributed by atoms with Crippen molar-refractivity contribution in [1.29, 1.82) is 0 Å². The molecule has 0 bridgehead atoms. The van der Waals surface area contributed by atoms with E-state index in [1.54, 1.807) is 11.8 Å². The van der Waals surface area contributed by atoms with Crippen LogP contribution in [0.5, 0.6) is 0 Å². The summed E-state index contributed by atoms with van der Waals surface area (Å²) < 4.78 is 0. The van der Waals surface area contributed by atoms with Crippen LogP contribution in [-0.4, -0.2) is 42.2 Å². The Balaban J connectivity index is 0.00000162. The fraction of sp³-hybridized carbons (Fsp3) is 0.462. The van der Waals surface area contributed by atoms with E-state index in [2.05, 4.69) is 5.32 Å². The van der Waals surface area contributed by atoms with Gasteiger partial charge in [-0.2, -0.15) is 0 Å². The Morgan fingerprint density at radius 2 is 1.89 bits per heavy atom. The second kappa shape index (κ2) is 7.67. The van der Waals surface area contributed by atoms with Gasteiger partial charge in [-0.25, -0.2) is 0 Å². The van der Waals surface area contributed by atoms with E-state index in [1.807, 2.05) is 42.2 Å². The molecule has 0 aromatic heterocycles. The Hall–Kier alpha value is -0.710. The molecule has 5 heteroatoms. The summed E-state index contributed by atoms with van der Waals surface area (Å²) in [6.45, 7) is 5.47. The van der Waals surface area contributed by atoms with E-state index >= 15 is 0 Å². The second-order valence-corrected chi connectivity index (χ2v) is 5.56. The molecule has 1 atom stereocenters. The lowest BCUT2D eigenvalue weighted by molar-refractivity contribution is -0.130. The van der Waals surface area contributed by atoms with Gasteiger partial charge in [-0.1, -0.05) is 18.2 Å². The minimum absolute atomic E-state index is 0.